The first-order valence-electron chi connectivity index (χ1n) is 8.92. The van der Waals surface area contributed by atoms with E-state index in [4.69, 9.17) is 0 Å². The van der Waals surface area contributed by atoms with E-state index in [1.807, 2.05) is 0 Å². The molecule has 2 heterocycles. The molecule has 0 spiro atoms. The zero-order valence-corrected chi connectivity index (χ0v) is 14.4. The van der Waals surface area contributed by atoms with Crippen LogP contribution in [0.25, 0.3) is 0 Å². The van der Waals surface area contributed by atoms with Gasteiger partial charge in [-0.2, -0.15) is 0 Å². The number of benzene rings is 1. The van der Waals surface area contributed by atoms with Crippen LogP contribution in [0, 0.1) is 0 Å². The minimum absolute atomic E-state index is 0.109. The molecule has 2 saturated heterocycles. The van der Waals surface area contributed by atoms with Crippen LogP contribution in [0.5, 0.6) is 0 Å². The van der Waals surface area contributed by atoms with Crippen LogP contribution in [-0.2, 0) is 11.3 Å². The first-order valence-corrected chi connectivity index (χ1v) is 8.92. The van der Waals surface area contributed by atoms with Crippen molar-refractivity contribution in [3.05, 3.63) is 35.9 Å². The molecular weight excluding hydrogens is 286 g/mol. The SMILES string of the molecule is CC1CN(Cc2ccccc2)CCCN1C(=O)[C@@H]1CCCN1C. The maximum atomic E-state index is 12.9. The monoisotopic (exact) mass is 315 g/mol. The normalized spacial score (nSPS) is 27.1. The predicted molar refractivity (Wildman–Crippen MR) is 93.2 cm³/mol. The Kier molecular flexibility index (Phi) is 5.34. The summed E-state index contributed by atoms with van der Waals surface area (Å²) in [5.41, 5.74) is 1.36. The van der Waals surface area contributed by atoms with Gasteiger partial charge in [0, 0.05) is 32.2 Å². The highest BCUT2D eigenvalue weighted by molar-refractivity contribution is 5.82. The van der Waals surface area contributed by atoms with E-state index in [0.29, 0.717) is 11.9 Å². The molecule has 2 aliphatic heterocycles. The second kappa shape index (κ2) is 7.45. The second-order valence-corrected chi connectivity index (χ2v) is 7.09. The van der Waals surface area contributed by atoms with Crippen LogP contribution < -0.4 is 0 Å². The zero-order valence-electron chi connectivity index (χ0n) is 14.4. The molecular formula is C19H29N3O. The highest BCUT2D eigenvalue weighted by atomic mass is 16.2. The molecule has 0 bridgehead atoms. The van der Waals surface area contributed by atoms with E-state index < -0.39 is 0 Å². The lowest BCUT2D eigenvalue weighted by Gasteiger charge is -2.32. The molecule has 4 heteroatoms. The van der Waals surface area contributed by atoms with Crippen molar-refractivity contribution < 1.29 is 4.79 Å². The topological polar surface area (TPSA) is 26.8 Å². The Hall–Kier alpha value is -1.39. The highest BCUT2D eigenvalue weighted by Crippen LogP contribution is 2.20. The molecule has 126 valence electrons. The van der Waals surface area contributed by atoms with Crippen LogP contribution in [0.3, 0.4) is 0 Å². The molecule has 23 heavy (non-hydrogen) atoms. The minimum atomic E-state index is 0.109. The van der Waals surface area contributed by atoms with Gasteiger partial charge in [-0.1, -0.05) is 30.3 Å². The Bertz CT molecular complexity index is 519. The number of likely N-dealkylation sites (N-methyl/N-ethyl adjacent to an activating group) is 1. The summed E-state index contributed by atoms with van der Waals surface area (Å²) in [5.74, 6) is 0.346. The Morgan fingerprint density at radius 1 is 1.13 bits per heavy atom. The molecule has 2 atom stereocenters. The van der Waals surface area contributed by atoms with Gasteiger partial charge in [-0.05, 0) is 45.3 Å². The summed E-state index contributed by atoms with van der Waals surface area (Å²) in [4.78, 5) is 19.8. The van der Waals surface area contributed by atoms with Crippen molar-refractivity contribution in [3.63, 3.8) is 0 Å². The van der Waals surface area contributed by atoms with Crippen molar-refractivity contribution in [2.75, 3.05) is 33.2 Å². The lowest BCUT2D eigenvalue weighted by molar-refractivity contribution is -0.137. The number of amides is 1. The molecule has 0 aliphatic carbocycles. The first kappa shape index (κ1) is 16.5. The maximum absolute atomic E-state index is 12.9. The third-order valence-electron chi connectivity index (χ3n) is 5.27. The smallest absolute Gasteiger partial charge is 0.240 e. The fourth-order valence-electron chi connectivity index (χ4n) is 3.97. The highest BCUT2D eigenvalue weighted by Gasteiger charge is 2.34. The quantitative estimate of drug-likeness (QED) is 0.855. The summed E-state index contributed by atoms with van der Waals surface area (Å²) >= 11 is 0. The first-order chi connectivity index (χ1) is 11.1. The van der Waals surface area contributed by atoms with Gasteiger partial charge >= 0.3 is 0 Å². The molecule has 0 saturated carbocycles. The fraction of sp³-hybridized carbons (Fsp3) is 0.632. The summed E-state index contributed by atoms with van der Waals surface area (Å²) in [6, 6.07) is 11.0. The number of carbonyl (C=O) groups excluding carboxylic acids is 1. The second-order valence-electron chi connectivity index (χ2n) is 7.09. The molecule has 3 rings (SSSR count). The van der Waals surface area contributed by atoms with Crippen LogP contribution in [-0.4, -0.2) is 65.9 Å². The minimum Gasteiger partial charge on any atom is -0.337 e. The molecule has 1 aromatic carbocycles. The molecule has 2 fully saturated rings. The van der Waals surface area contributed by atoms with Gasteiger partial charge in [0.1, 0.15) is 0 Å². The number of rotatable bonds is 3. The molecule has 4 nitrogen and oxygen atoms in total. The van der Waals surface area contributed by atoms with E-state index in [1.54, 1.807) is 0 Å². The Morgan fingerprint density at radius 2 is 1.91 bits per heavy atom. The van der Waals surface area contributed by atoms with Crippen LogP contribution in [0.15, 0.2) is 30.3 Å². The number of likely N-dealkylation sites (tertiary alicyclic amines) is 1. The standard InChI is InChI=1S/C19H29N3O/c1-16-14-21(15-17-8-4-3-5-9-17)12-7-13-22(16)19(23)18-10-6-11-20(18)2/h3-5,8-9,16,18H,6-7,10-15H2,1-2H3/t16?,18-/m0/s1. The summed E-state index contributed by atoms with van der Waals surface area (Å²) in [6.45, 7) is 7.18. The van der Waals surface area contributed by atoms with Crippen molar-refractivity contribution in [1.82, 2.24) is 14.7 Å². The molecule has 2 aliphatic rings. The van der Waals surface area contributed by atoms with Gasteiger partial charge in [0.25, 0.3) is 0 Å². The predicted octanol–water partition coefficient (Wildman–Crippen LogP) is 2.20. The Labute approximate surface area is 140 Å². The van der Waals surface area contributed by atoms with Crippen molar-refractivity contribution in [2.24, 2.45) is 0 Å². The lowest BCUT2D eigenvalue weighted by Crippen LogP contribution is -2.49. The van der Waals surface area contributed by atoms with Gasteiger partial charge in [0.2, 0.25) is 5.91 Å². The number of hydrogen-bond acceptors (Lipinski definition) is 3. The van der Waals surface area contributed by atoms with E-state index in [2.05, 4.69) is 59.0 Å². The van der Waals surface area contributed by atoms with E-state index in [9.17, 15) is 4.79 Å². The van der Waals surface area contributed by atoms with E-state index in [1.165, 1.54) is 5.56 Å². The third kappa shape index (κ3) is 3.93. The third-order valence-corrected chi connectivity index (χ3v) is 5.27. The van der Waals surface area contributed by atoms with E-state index in [0.717, 1.165) is 52.0 Å². The van der Waals surface area contributed by atoms with Gasteiger partial charge in [-0.15, -0.1) is 0 Å². The van der Waals surface area contributed by atoms with Crippen molar-refractivity contribution in [1.29, 1.82) is 0 Å². The van der Waals surface area contributed by atoms with Gasteiger partial charge in [0.15, 0.2) is 0 Å². The van der Waals surface area contributed by atoms with E-state index in [-0.39, 0.29) is 6.04 Å². The van der Waals surface area contributed by atoms with Crippen LogP contribution in [0.4, 0.5) is 0 Å². The van der Waals surface area contributed by atoms with Crippen LogP contribution in [0.1, 0.15) is 31.7 Å². The molecule has 0 radical (unpaired) electrons. The van der Waals surface area contributed by atoms with Gasteiger partial charge < -0.3 is 4.90 Å². The summed E-state index contributed by atoms with van der Waals surface area (Å²) in [6.07, 6.45) is 3.24. The van der Waals surface area contributed by atoms with Crippen LogP contribution >= 0.6 is 0 Å². The molecule has 1 amide bonds. The number of nitrogens with zero attached hydrogens (tertiary/aromatic N) is 3. The van der Waals surface area contributed by atoms with Crippen LogP contribution in [0.2, 0.25) is 0 Å². The summed E-state index contributed by atoms with van der Waals surface area (Å²) < 4.78 is 0. The molecule has 0 N–H and O–H groups in total. The van der Waals surface area contributed by atoms with Crippen molar-refractivity contribution in [2.45, 2.75) is 44.8 Å². The van der Waals surface area contributed by atoms with E-state index >= 15 is 0 Å². The van der Waals surface area contributed by atoms with Gasteiger partial charge in [0.05, 0.1) is 6.04 Å². The maximum Gasteiger partial charge on any atom is 0.240 e. The molecule has 1 unspecified atom stereocenters. The molecule has 0 aromatic heterocycles. The van der Waals surface area contributed by atoms with Crippen molar-refractivity contribution in [3.8, 4) is 0 Å². The number of carbonyl (C=O) groups is 1. The average Bonchev–Trinajstić information content (AvgIpc) is 2.89. The Morgan fingerprint density at radius 3 is 2.61 bits per heavy atom. The largest absolute Gasteiger partial charge is 0.337 e. The molecule has 1 aromatic rings. The fourth-order valence-corrected chi connectivity index (χ4v) is 3.97. The lowest BCUT2D eigenvalue weighted by atomic mass is 10.1. The summed E-state index contributed by atoms with van der Waals surface area (Å²) in [7, 11) is 2.08. The Balaban J connectivity index is 1.61. The zero-order chi connectivity index (χ0) is 16.2. The number of hydrogen-bond donors (Lipinski definition) is 0. The average molecular weight is 315 g/mol. The van der Waals surface area contributed by atoms with Gasteiger partial charge in [-0.3, -0.25) is 14.6 Å². The van der Waals surface area contributed by atoms with Gasteiger partial charge in [-0.25, -0.2) is 0 Å². The summed E-state index contributed by atoms with van der Waals surface area (Å²) in [5, 5.41) is 0. The van der Waals surface area contributed by atoms with Crippen molar-refractivity contribution >= 4 is 5.91 Å².